The number of rotatable bonds is 5. The maximum absolute atomic E-state index is 12.6. The van der Waals surface area contributed by atoms with Crippen LogP contribution in [0.15, 0.2) is 42.0 Å². The second-order valence-electron chi connectivity index (χ2n) is 5.87. The summed E-state index contributed by atoms with van der Waals surface area (Å²) in [4.78, 5) is 25.9. The maximum atomic E-state index is 12.6. The number of hydrogen-bond donors (Lipinski definition) is 0. The molecule has 1 heterocycles. The summed E-state index contributed by atoms with van der Waals surface area (Å²) in [6, 6.07) is 9.65. The van der Waals surface area contributed by atoms with E-state index in [0.717, 1.165) is 11.1 Å². The Morgan fingerprint density at radius 2 is 2.09 bits per heavy atom. The van der Waals surface area contributed by atoms with E-state index in [9.17, 15) is 9.59 Å². The highest BCUT2D eigenvalue weighted by molar-refractivity contribution is 5.94. The predicted molar refractivity (Wildman–Crippen MR) is 85.3 cm³/mol. The topological polar surface area (TPSA) is 46.6 Å². The molecule has 0 aromatic heterocycles. The van der Waals surface area contributed by atoms with Gasteiger partial charge < -0.3 is 4.74 Å². The van der Waals surface area contributed by atoms with Gasteiger partial charge in [-0.3, -0.25) is 4.79 Å². The molecule has 1 saturated heterocycles. The minimum atomic E-state index is -0.518. The van der Waals surface area contributed by atoms with Gasteiger partial charge in [-0.1, -0.05) is 48.9 Å². The lowest BCUT2D eigenvalue weighted by Gasteiger charge is -2.23. The third-order valence-electron chi connectivity index (χ3n) is 4.06. The van der Waals surface area contributed by atoms with Gasteiger partial charge in [-0.15, -0.1) is 0 Å². The van der Waals surface area contributed by atoms with E-state index in [0.29, 0.717) is 12.8 Å². The number of ether oxygens (including phenoxy) is 1. The van der Waals surface area contributed by atoms with Crippen molar-refractivity contribution in [3.63, 3.8) is 0 Å². The average molecular weight is 301 g/mol. The second-order valence-corrected chi connectivity index (χ2v) is 5.87. The van der Waals surface area contributed by atoms with E-state index in [-0.39, 0.29) is 24.5 Å². The third-order valence-corrected chi connectivity index (χ3v) is 4.06. The van der Waals surface area contributed by atoms with Crippen LogP contribution in [0.1, 0.15) is 32.8 Å². The van der Waals surface area contributed by atoms with Gasteiger partial charge in [-0.2, -0.15) is 0 Å². The van der Waals surface area contributed by atoms with Gasteiger partial charge >= 0.3 is 6.09 Å². The summed E-state index contributed by atoms with van der Waals surface area (Å²) < 4.78 is 5.10. The standard InChI is InChI=1S/C18H23NO3/c1-4-13(2)10-14(3)17(20)19-16(12-22-18(19)21)11-15-8-6-5-7-9-15/h4-9,14,16H,10-12H2,1-3H3/b13-4+/t14-,16+/m0/s1. The molecule has 2 amide bonds. The largest absolute Gasteiger partial charge is 0.447 e. The molecule has 0 spiro atoms. The highest BCUT2D eigenvalue weighted by atomic mass is 16.6. The van der Waals surface area contributed by atoms with Gasteiger partial charge in [-0.05, 0) is 32.3 Å². The van der Waals surface area contributed by atoms with Crippen LogP contribution in [0.25, 0.3) is 0 Å². The van der Waals surface area contributed by atoms with Crippen molar-refractivity contribution in [3.8, 4) is 0 Å². The van der Waals surface area contributed by atoms with Crippen LogP contribution in [0.4, 0.5) is 4.79 Å². The number of allylic oxidation sites excluding steroid dienone is 2. The van der Waals surface area contributed by atoms with E-state index < -0.39 is 6.09 Å². The van der Waals surface area contributed by atoms with Crippen molar-refractivity contribution >= 4 is 12.0 Å². The van der Waals surface area contributed by atoms with Crippen molar-refractivity contribution in [2.75, 3.05) is 6.61 Å². The number of amides is 2. The zero-order chi connectivity index (χ0) is 16.1. The summed E-state index contributed by atoms with van der Waals surface area (Å²) in [7, 11) is 0. The molecule has 118 valence electrons. The lowest BCUT2D eigenvalue weighted by atomic mass is 9.99. The summed E-state index contributed by atoms with van der Waals surface area (Å²) in [6.45, 7) is 6.08. The molecule has 0 aliphatic carbocycles. The normalized spacial score (nSPS) is 20.0. The van der Waals surface area contributed by atoms with Crippen molar-refractivity contribution in [2.24, 2.45) is 5.92 Å². The average Bonchev–Trinajstić information content (AvgIpc) is 2.88. The van der Waals surface area contributed by atoms with Gasteiger partial charge in [0.2, 0.25) is 5.91 Å². The molecule has 0 saturated carbocycles. The van der Waals surface area contributed by atoms with Crippen LogP contribution in [-0.4, -0.2) is 29.5 Å². The first kappa shape index (κ1) is 16.3. The van der Waals surface area contributed by atoms with Gasteiger partial charge in [-0.25, -0.2) is 9.69 Å². The molecular weight excluding hydrogens is 278 g/mol. The van der Waals surface area contributed by atoms with E-state index in [4.69, 9.17) is 4.74 Å². The van der Waals surface area contributed by atoms with E-state index in [1.165, 1.54) is 4.90 Å². The van der Waals surface area contributed by atoms with E-state index in [1.807, 2.05) is 57.2 Å². The minimum absolute atomic E-state index is 0.148. The Balaban J connectivity index is 2.09. The Morgan fingerprint density at radius 3 is 2.73 bits per heavy atom. The highest BCUT2D eigenvalue weighted by Crippen LogP contribution is 2.22. The van der Waals surface area contributed by atoms with E-state index in [2.05, 4.69) is 0 Å². The van der Waals surface area contributed by atoms with Gasteiger partial charge in [0.15, 0.2) is 0 Å². The number of nitrogens with zero attached hydrogens (tertiary/aromatic N) is 1. The molecule has 1 aliphatic heterocycles. The van der Waals surface area contributed by atoms with Crippen molar-refractivity contribution in [3.05, 3.63) is 47.5 Å². The number of cyclic esters (lactones) is 1. The number of imide groups is 1. The number of hydrogen-bond acceptors (Lipinski definition) is 3. The Kier molecular flexibility index (Phi) is 5.36. The molecule has 0 radical (unpaired) electrons. The second kappa shape index (κ2) is 7.25. The van der Waals surface area contributed by atoms with E-state index >= 15 is 0 Å². The molecule has 1 aromatic rings. The van der Waals surface area contributed by atoms with Crippen LogP contribution in [0.3, 0.4) is 0 Å². The van der Waals surface area contributed by atoms with Crippen molar-refractivity contribution in [1.29, 1.82) is 0 Å². The van der Waals surface area contributed by atoms with Crippen LogP contribution in [-0.2, 0) is 16.0 Å². The molecule has 0 unspecified atom stereocenters. The summed E-state index contributed by atoms with van der Waals surface area (Å²) in [5.41, 5.74) is 2.24. The Labute approximate surface area is 131 Å². The van der Waals surface area contributed by atoms with Crippen molar-refractivity contribution < 1.29 is 14.3 Å². The van der Waals surface area contributed by atoms with Crippen LogP contribution < -0.4 is 0 Å². The van der Waals surface area contributed by atoms with E-state index in [1.54, 1.807) is 0 Å². The highest BCUT2D eigenvalue weighted by Gasteiger charge is 2.39. The zero-order valence-corrected chi connectivity index (χ0v) is 13.4. The molecule has 4 nitrogen and oxygen atoms in total. The van der Waals surface area contributed by atoms with Crippen molar-refractivity contribution in [1.82, 2.24) is 4.90 Å². The van der Waals surface area contributed by atoms with Gasteiger partial charge in [0.25, 0.3) is 0 Å². The smallest absolute Gasteiger partial charge is 0.416 e. The molecule has 1 aromatic carbocycles. The quantitative estimate of drug-likeness (QED) is 0.781. The number of benzene rings is 1. The summed E-state index contributed by atoms with van der Waals surface area (Å²) >= 11 is 0. The molecule has 0 bridgehead atoms. The van der Waals surface area contributed by atoms with Crippen molar-refractivity contribution in [2.45, 2.75) is 39.7 Å². The van der Waals surface area contributed by atoms with Crippen LogP contribution in [0.2, 0.25) is 0 Å². The monoisotopic (exact) mass is 301 g/mol. The lowest BCUT2D eigenvalue weighted by molar-refractivity contribution is -0.132. The maximum Gasteiger partial charge on any atom is 0.416 e. The third kappa shape index (κ3) is 3.75. The van der Waals surface area contributed by atoms with Gasteiger partial charge in [0.1, 0.15) is 6.61 Å². The van der Waals surface area contributed by atoms with Crippen LogP contribution in [0, 0.1) is 5.92 Å². The van der Waals surface area contributed by atoms with Gasteiger partial charge in [0, 0.05) is 5.92 Å². The molecular formula is C18H23NO3. The number of carbonyl (C=O) groups excluding carboxylic acids is 2. The fourth-order valence-corrected chi connectivity index (χ4v) is 2.69. The predicted octanol–water partition coefficient (Wildman–Crippen LogP) is 3.57. The Bertz CT molecular complexity index is 565. The molecule has 2 rings (SSSR count). The lowest BCUT2D eigenvalue weighted by Crippen LogP contribution is -2.43. The molecule has 22 heavy (non-hydrogen) atoms. The van der Waals surface area contributed by atoms with Crippen LogP contribution in [0.5, 0.6) is 0 Å². The summed E-state index contributed by atoms with van der Waals surface area (Å²) in [5.74, 6) is -0.371. The van der Waals surface area contributed by atoms with Crippen LogP contribution >= 0.6 is 0 Å². The first-order chi connectivity index (χ1) is 10.5. The fourth-order valence-electron chi connectivity index (χ4n) is 2.69. The molecule has 1 aliphatic rings. The Morgan fingerprint density at radius 1 is 1.41 bits per heavy atom. The zero-order valence-electron chi connectivity index (χ0n) is 13.4. The molecule has 0 N–H and O–H groups in total. The molecule has 4 heteroatoms. The number of carbonyl (C=O) groups is 2. The summed E-state index contributed by atoms with van der Waals surface area (Å²) in [5, 5.41) is 0. The molecule has 2 atom stereocenters. The SMILES string of the molecule is C/C=C(\C)C[C@H](C)C(=O)N1C(=O)OC[C@H]1Cc1ccccc1. The molecule has 1 fully saturated rings. The first-order valence-electron chi connectivity index (χ1n) is 7.68. The minimum Gasteiger partial charge on any atom is -0.447 e. The fraction of sp³-hybridized carbons (Fsp3) is 0.444. The van der Waals surface area contributed by atoms with Gasteiger partial charge in [0.05, 0.1) is 6.04 Å². The first-order valence-corrected chi connectivity index (χ1v) is 7.68. The Hall–Kier alpha value is -2.10. The summed E-state index contributed by atoms with van der Waals surface area (Å²) in [6.07, 6.45) is 2.77.